The van der Waals surface area contributed by atoms with Crippen LogP contribution in [0.5, 0.6) is 0 Å². The average Bonchev–Trinajstić information content (AvgIpc) is 2.74. The first kappa shape index (κ1) is 10.9. The van der Waals surface area contributed by atoms with Crippen molar-refractivity contribution < 1.29 is 4.74 Å². The van der Waals surface area contributed by atoms with Gasteiger partial charge in [-0.25, -0.2) is 0 Å². The molecule has 0 saturated carbocycles. The first-order valence-electron chi connectivity index (χ1n) is 4.51. The van der Waals surface area contributed by atoms with Gasteiger partial charge >= 0.3 is 0 Å². The molecule has 2 heterocycles. The van der Waals surface area contributed by atoms with Gasteiger partial charge in [0, 0.05) is 15.9 Å². The Labute approximate surface area is 101 Å². The summed E-state index contributed by atoms with van der Waals surface area (Å²) in [6.45, 7) is 0.608. The van der Waals surface area contributed by atoms with Crippen LogP contribution < -0.4 is 5.73 Å². The lowest BCUT2D eigenvalue weighted by Crippen LogP contribution is -2.18. The highest BCUT2D eigenvalue weighted by Crippen LogP contribution is 2.41. The Morgan fingerprint density at radius 1 is 1.64 bits per heavy atom. The Bertz CT molecular complexity index is 311. The molecule has 0 amide bonds. The van der Waals surface area contributed by atoms with Crippen molar-refractivity contribution in [2.24, 2.45) is 5.73 Å². The van der Waals surface area contributed by atoms with E-state index in [1.807, 2.05) is 6.07 Å². The zero-order valence-corrected chi connectivity index (χ0v) is 10.7. The zero-order chi connectivity index (χ0) is 10.1. The fourth-order valence-electron chi connectivity index (χ4n) is 1.61. The molecule has 2 N–H and O–H groups in total. The van der Waals surface area contributed by atoms with Gasteiger partial charge < -0.3 is 10.5 Å². The molecule has 1 aliphatic heterocycles. The fraction of sp³-hybridized carbons (Fsp3) is 0.556. The van der Waals surface area contributed by atoms with E-state index in [4.69, 9.17) is 22.1 Å². The quantitative estimate of drug-likeness (QED) is 0.908. The Kier molecular flexibility index (Phi) is 3.50. The molecule has 0 bridgehead atoms. The van der Waals surface area contributed by atoms with E-state index in [0.29, 0.717) is 6.54 Å². The Hall–Kier alpha value is 0.390. The minimum atomic E-state index is 0.192. The minimum Gasteiger partial charge on any atom is -0.368 e. The van der Waals surface area contributed by atoms with Crippen LogP contribution in [0.15, 0.2) is 10.5 Å². The van der Waals surface area contributed by atoms with Gasteiger partial charge in [0.05, 0.1) is 12.2 Å². The van der Waals surface area contributed by atoms with Gasteiger partial charge in [0.15, 0.2) is 0 Å². The lowest BCUT2D eigenvalue weighted by molar-refractivity contribution is 0.0518. The Balaban J connectivity index is 2.09. The van der Waals surface area contributed by atoms with Crippen molar-refractivity contribution in [3.8, 4) is 0 Å². The third-order valence-corrected chi connectivity index (χ3v) is 4.92. The standard InChI is InChI=1S/C9H11BrClNOS/c10-6-3-8(14-9(6)11)7-2-1-5(4-12)13-7/h3,5,7H,1-2,4,12H2. The molecule has 14 heavy (non-hydrogen) atoms. The number of thiophene rings is 1. The lowest BCUT2D eigenvalue weighted by Gasteiger charge is -2.09. The molecule has 2 atom stereocenters. The molecule has 1 aromatic heterocycles. The summed E-state index contributed by atoms with van der Waals surface area (Å²) in [5.41, 5.74) is 5.55. The van der Waals surface area contributed by atoms with Crippen LogP contribution in [0.3, 0.4) is 0 Å². The van der Waals surface area contributed by atoms with Gasteiger partial charge in [0.25, 0.3) is 0 Å². The van der Waals surface area contributed by atoms with Crippen LogP contribution in [0.25, 0.3) is 0 Å². The van der Waals surface area contributed by atoms with E-state index in [0.717, 1.165) is 21.7 Å². The molecule has 1 aromatic rings. The number of halogens is 2. The SMILES string of the molecule is NCC1CCC(c2cc(Br)c(Cl)s2)O1. The predicted octanol–water partition coefficient (Wildman–Crippen LogP) is 3.34. The summed E-state index contributed by atoms with van der Waals surface area (Å²) in [6, 6.07) is 2.04. The highest BCUT2D eigenvalue weighted by atomic mass is 79.9. The van der Waals surface area contributed by atoms with E-state index in [2.05, 4.69) is 15.9 Å². The molecule has 1 aliphatic rings. The van der Waals surface area contributed by atoms with Crippen LogP contribution in [0.1, 0.15) is 23.8 Å². The van der Waals surface area contributed by atoms with Crippen LogP contribution in [0.4, 0.5) is 0 Å². The average molecular weight is 297 g/mol. The first-order valence-corrected chi connectivity index (χ1v) is 6.49. The first-order chi connectivity index (χ1) is 6.70. The highest BCUT2D eigenvalue weighted by molar-refractivity contribution is 9.10. The summed E-state index contributed by atoms with van der Waals surface area (Å²) in [7, 11) is 0. The molecule has 0 radical (unpaired) electrons. The maximum atomic E-state index is 5.97. The van der Waals surface area contributed by atoms with E-state index < -0.39 is 0 Å². The van der Waals surface area contributed by atoms with E-state index in [1.165, 1.54) is 4.88 Å². The van der Waals surface area contributed by atoms with Gasteiger partial charge in [0.1, 0.15) is 4.34 Å². The molecule has 2 nitrogen and oxygen atoms in total. The van der Waals surface area contributed by atoms with Gasteiger partial charge in [-0.2, -0.15) is 0 Å². The monoisotopic (exact) mass is 295 g/mol. The summed E-state index contributed by atoms with van der Waals surface area (Å²) in [4.78, 5) is 1.19. The Morgan fingerprint density at radius 2 is 2.43 bits per heavy atom. The maximum absolute atomic E-state index is 5.97. The molecular weight excluding hydrogens is 286 g/mol. The van der Waals surface area contributed by atoms with Crippen molar-refractivity contribution >= 4 is 38.9 Å². The summed E-state index contributed by atoms with van der Waals surface area (Å²) in [6.07, 6.45) is 2.51. The fourth-order valence-corrected chi connectivity index (χ4v) is 3.42. The molecule has 1 saturated heterocycles. The summed E-state index contributed by atoms with van der Waals surface area (Å²) < 4.78 is 7.52. The Morgan fingerprint density at radius 3 is 2.93 bits per heavy atom. The summed E-state index contributed by atoms with van der Waals surface area (Å²) in [5, 5.41) is 0. The predicted molar refractivity (Wildman–Crippen MR) is 62.9 cm³/mol. The van der Waals surface area contributed by atoms with Crippen molar-refractivity contribution in [1.29, 1.82) is 0 Å². The van der Waals surface area contributed by atoms with Gasteiger partial charge in [-0.3, -0.25) is 0 Å². The van der Waals surface area contributed by atoms with Crippen molar-refractivity contribution in [3.05, 3.63) is 19.8 Å². The van der Waals surface area contributed by atoms with Gasteiger partial charge in [0.2, 0.25) is 0 Å². The molecular formula is C9H11BrClNOS. The normalized spacial score (nSPS) is 27.1. The van der Waals surface area contributed by atoms with Crippen LogP contribution in [0, 0.1) is 0 Å². The van der Waals surface area contributed by atoms with Crippen molar-refractivity contribution in [1.82, 2.24) is 0 Å². The molecule has 0 aliphatic carbocycles. The van der Waals surface area contributed by atoms with Gasteiger partial charge in [-0.05, 0) is 34.8 Å². The van der Waals surface area contributed by atoms with E-state index in [9.17, 15) is 0 Å². The number of ether oxygens (including phenoxy) is 1. The highest BCUT2D eigenvalue weighted by Gasteiger charge is 2.27. The number of rotatable bonds is 2. The third-order valence-electron chi connectivity index (χ3n) is 2.35. The number of nitrogens with two attached hydrogens (primary N) is 1. The molecule has 78 valence electrons. The van der Waals surface area contributed by atoms with Crippen LogP contribution in [-0.4, -0.2) is 12.6 Å². The topological polar surface area (TPSA) is 35.2 Å². The number of hydrogen-bond donors (Lipinski definition) is 1. The largest absolute Gasteiger partial charge is 0.368 e. The molecule has 1 fully saturated rings. The van der Waals surface area contributed by atoms with E-state index in [-0.39, 0.29) is 12.2 Å². The summed E-state index contributed by atoms with van der Waals surface area (Å²) >= 11 is 10.9. The number of hydrogen-bond acceptors (Lipinski definition) is 3. The molecule has 2 unspecified atom stereocenters. The van der Waals surface area contributed by atoms with Crippen LogP contribution in [-0.2, 0) is 4.74 Å². The van der Waals surface area contributed by atoms with Crippen molar-refractivity contribution in [3.63, 3.8) is 0 Å². The molecule has 5 heteroatoms. The van der Waals surface area contributed by atoms with E-state index >= 15 is 0 Å². The zero-order valence-electron chi connectivity index (χ0n) is 7.50. The van der Waals surface area contributed by atoms with Crippen LogP contribution in [0.2, 0.25) is 4.34 Å². The summed E-state index contributed by atoms with van der Waals surface area (Å²) in [5.74, 6) is 0. The second-order valence-corrected chi connectivity index (χ2v) is 5.87. The maximum Gasteiger partial charge on any atom is 0.107 e. The van der Waals surface area contributed by atoms with E-state index in [1.54, 1.807) is 11.3 Å². The third kappa shape index (κ3) is 2.14. The lowest BCUT2D eigenvalue weighted by atomic mass is 10.2. The molecule has 0 spiro atoms. The molecule has 2 rings (SSSR count). The van der Waals surface area contributed by atoms with Gasteiger partial charge in [-0.1, -0.05) is 11.6 Å². The smallest absolute Gasteiger partial charge is 0.107 e. The van der Waals surface area contributed by atoms with Crippen LogP contribution >= 0.6 is 38.9 Å². The molecule has 0 aromatic carbocycles. The van der Waals surface area contributed by atoms with Gasteiger partial charge in [-0.15, -0.1) is 11.3 Å². The second kappa shape index (κ2) is 4.49. The van der Waals surface area contributed by atoms with Crippen molar-refractivity contribution in [2.75, 3.05) is 6.54 Å². The second-order valence-electron chi connectivity index (χ2n) is 3.33. The van der Waals surface area contributed by atoms with Crippen molar-refractivity contribution in [2.45, 2.75) is 25.0 Å². The minimum absolute atomic E-state index is 0.192.